The standard InChI is InChI=1S/C10H20BNO5P/c1-5(18-12-11-13)6-7-8(9(14-4)15-6)17-10(2,3)16-7/h5-9,12-13,18H,1-4H3/t5-,6+,7+,8+,9?/m0/s1. The number of methoxy groups -OCH3 is 1. The Morgan fingerprint density at radius 1 is 1.39 bits per heavy atom. The third kappa shape index (κ3) is 2.88. The predicted octanol–water partition coefficient (Wildman–Crippen LogP) is -0.0241. The van der Waals surface area contributed by atoms with Gasteiger partial charge >= 0.3 is 7.62 Å². The van der Waals surface area contributed by atoms with Gasteiger partial charge in [-0.1, -0.05) is 15.7 Å². The second-order valence-electron chi connectivity index (χ2n) is 4.98. The molecule has 6 atom stereocenters. The fraction of sp³-hybridized carbons (Fsp3) is 1.00. The first-order valence-corrected chi connectivity index (χ1v) is 7.07. The van der Waals surface area contributed by atoms with Crippen molar-refractivity contribution in [2.45, 2.75) is 56.8 Å². The van der Waals surface area contributed by atoms with Gasteiger partial charge in [0.2, 0.25) is 0 Å². The number of nitrogens with one attached hydrogen (secondary N) is 1. The molecule has 0 bridgehead atoms. The van der Waals surface area contributed by atoms with E-state index in [9.17, 15) is 0 Å². The third-order valence-corrected chi connectivity index (χ3v) is 4.23. The topological polar surface area (TPSA) is 69.2 Å². The molecule has 0 aromatic rings. The lowest BCUT2D eigenvalue weighted by Crippen LogP contribution is -2.36. The molecular formula is C10H20BNO5P. The van der Waals surface area contributed by atoms with Gasteiger partial charge in [-0.2, -0.15) is 0 Å². The fourth-order valence-corrected chi connectivity index (χ4v) is 3.20. The van der Waals surface area contributed by atoms with Gasteiger partial charge in [-0.15, -0.1) is 0 Å². The lowest BCUT2D eigenvalue weighted by molar-refractivity contribution is -0.226. The Balaban J connectivity index is 2.04. The molecule has 0 amide bonds. The van der Waals surface area contributed by atoms with Crippen LogP contribution in [0.5, 0.6) is 0 Å². The van der Waals surface area contributed by atoms with E-state index < -0.39 is 12.1 Å². The molecule has 0 aromatic heterocycles. The van der Waals surface area contributed by atoms with Gasteiger partial charge in [0.25, 0.3) is 0 Å². The van der Waals surface area contributed by atoms with Crippen molar-refractivity contribution >= 4 is 16.3 Å². The number of fused-ring (bicyclic) bond motifs is 1. The first-order valence-electron chi connectivity index (χ1n) is 5.99. The molecular weight excluding hydrogens is 256 g/mol. The van der Waals surface area contributed by atoms with E-state index in [4.69, 9.17) is 24.0 Å². The second-order valence-corrected chi connectivity index (χ2v) is 6.46. The van der Waals surface area contributed by atoms with Crippen molar-refractivity contribution in [2.24, 2.45) is 0 Å². The lowest BCUT2D eigenvalue weighted by Gasteiger charge is -2.26. The maximum Gasteiger partial charge on any atom is 0.396 e. The molecule has 2 N–H and O–H groups in total. The van der Waals surface area contributed by atoms with E-state index in [-0.39, 0.29) is 24.0 Å². The Labute approximate surface area is 110 Å². The van der Waals surface area contributed by atoms with Gasteiger partial charge in [0.15, 0.2) is 12.1 Å². The molecule has 1 radical (unpaired) electrons. The van der Waals surface area contributed by atoms with Gasteiger partial charge in [0.05, 0.1) is 6.10 Å². The van der Waals surface area contributed by atoms with E-state index in [0.717, 1.165) is 7.62 Å². The van der Waals surface area contributed by atoms with Crippen LogP contribution in [0, 0.1) is 0 Å². The molecule has 2 rings (SSSR count). The van der Waals surface area contributed by atoms with Crippen LogP contribution in [0.1, 0.15) is 20.8 Å². The summed E-state index contributed by atoms with van der Waals surface area (Å²) in [4.78, 5) is 2.80. The van der Waals surface area contributed by atoms with Crippen molar-refractivity contribution in [1.29, 1.82) is 0 Å². The number of hydrogen-bond donors (Lipinski definition) is 2. The molecule has 2 saturated heterocycles. The van der Waals surface area contributed by atoms with Crippen LogP contribution in [-0.2, 0) is 18.9 Å². The molecule has 0 saturated carbocycles. The summed E-state index contributed by atoms with van der Waals surface area (Å²) in [5, 5.41) is 8.68. The largest absolute Gasteiger partial charge is 0.440 e. The molecule has 0 aliphatic carbocycles. The van der Waals surface area contributed by atoms with E-state index in [1.807, 2.05) is 20.8 Å². The maximum absolute atomic E-state index is 8.68. The Kier molecular flexibility index (Phi) is 4.65. The van der Waals surface area contributed by atoms with Crippen molar-refractivity contribution < 1.29 is 24.0 Å². The molecule has 2 unspecified atom stereocenters. The Hall–Kier alpha value is 0.255. The van der Waals surface area contributed by atoms with Crippen LogP contribution < -0.4 is 5.00 Å². The smallest absolute Gasteiger partial charge is 0.396 e. The summed E-state index contributed by atoms with van der Waals surface area (Å²) in [6.45, 7) is 5.83. The first-order chi connectivity index (χ1) is 8.48. The van der Waals surface area contributed by atoms with E-state index in [0.29, 0.717) is 8.73 Å². The van der Waals surface area contributed by atoms with Gasteiger partial charge < -0.3 is 29.0 Å². The SMILES string of the molecule is COC1O[C@H]([C@H](C)PN[B]O)[C@H]2OC(C)(C)O[C@@H]12. The monoisotopic (exact) mass is 276 g/mol. The van der Waals surface area contributed by atoms with Crippen LogP contribution in [-0.4, -0.2) is 55.8 Å². The zero-order valence-electron chi connectivity index (χ0n) is 11.0. The highest BCUT2D eigenvalue weighted by Gasteiger charge is 2.56. The minimum absolute atomic E-state index is 0.104. The summed E-state index contributed by atoms with van der Waals surface area (Å²) in [6.07, 6.45) is -0.826. The first kappa shape index (κ1) is 14.7. The number of ether oxygens (including phenoxy) is 4. The van der Waals surface area contributed by atoms with Crippen molar-refractivity contribution in [3.05, 3.63) is 0 Å². The lowest BCUT2D eigenvalue weighted by atomic mass is 10.1. The molecule has 2 aliphatic rings. The van der Waals surface area contributed by atoms with Crippen LogP contribution in [0.3, 0.4) is 0 Å². The van der Waals surface area contributed by atoms with Crippen molar-refractivity contribution in [2.75, 3.05) is 7.11 Å². The summed E-state index contributed by atoms with van der Waals surface area (Å²) in [7, 11) is 2.90. The van der Waals surface area contributed by atoms with Gasteiger partial charge in [-0.25, -0.2) is 0 Å². The summed E-state index contributed by atoms with van der Waals surface area (Å²) < 4.78 is 22.8. The van der Waals surface area contributed by atoms with E-state index >= 15 is 0 Å². The predicted molar refractivity (Wildman–Crippen MR) is 68.4 cm³/mol. The molecule has 2 heterocycles. The molecule has 18 heavy (non-hydrogen) atoms. The molecule has 0 spiro atoms. The van der Waals surface area contributed by atoms with Crippen molar-refractivity contribution in [3.63, 3.8) is 0 Å². The summed E-state index contributed by atoms with van der Waals surface area (Å²) in [5.41, 5.74) is 0.193. The molecule has 2 aliphatic heterocycles. The number of hydrogen-bond acceptors (Lipinski definition) is 6. The minimum atomic E-state index is -0.604. The highest BCUT2D eigenvalue weighted by molar-refractivity contribution is 7.38. The third-order valence-electron chi connectivity index (χ3n) is 3.15. The molecule has 2 fully saturated rings. The highest BCUT2D eigenvalue weighted by atomic mass is 31.1. The van der Waals surface area contributed by atoms with Gasteiger partial charge in [0, 0.05) is 12.8 Å². The van der Waals surface area contributed by atoms with Gasteiger partial charge in [0.1, 0.15) is 12.2 Å². The maximum atomic E-state index is 8.68. The van der Waals surface area contributed by atoms with Crippen LogP contribution in [0.15, 0.2) is 0 Å². The quantitative estimate of drug-likeness (QED) is 0.543. The van der Waals surface area contributed by atoms with E-state index in [1.54, 1.807) is 7.11 Å². The Morgan fingerprint density at radius 3 is 2.67 bits per heavy atom. The van der Waals surface area contributed by atoms with Crippen molar-refractivity contribution in [3.8, 4) is 0 Å². The van der Waals surface area contributed by atoms with Crippen LogP contribution in [0.25, 0.3) is 0 Å². The Bertz CT molecular complexity index is 295. The van der Waals surface area contributed by atoms with Crippen LogP contribution in [0.2, 0.25) is 0 Å². The number of rotatable bonds is 5. The van der Waals surface area contributed by atoms with Gasteiger partial charge in [-0.3, -0.25) is 0 Å². The van der Waals surface area contributed by atoms with Crippen LogP contribution >= 0.6 is 8.73 Å². The molecule has 0 aromatic carbocycles. The van der Waals surface area contributed by atoms with Gasteiger partial charge in [-0.05, 0) is 13.8 Å². The zero-order valence-corrected chi connectivity index (χ0v) is 12.0. The molecule has 8 heteroatoms. The van der Waals surface area contributed by atoms with Crippen molar-refractivity contribution in [1.82, 2.24) is 5.00 Å². The average Bonchev–Trinajstić information content (AvgIpc) is 2.78. The van der Waals surface area contributed by atoms with E-state index in [2.05, 4.69) is 5.00 Å². The molecule has 103 valence electrons. The minimum Gasteiger partial charge on any atom is -0.440 e. The summed E-state index contributed by atoms with van der Waals surface area (Å²) in [6, 6.07) is 0. The summed E-state index contributed by atoms with van der Waals surface area (Å²) >= 11 is 0. The molecule has 6 nitrogen and oxygen atoms in total. The van der Waals surface area contributed by atoms with E-state index in [1.165, 1.54) is 0 Å². The Morgan fingerprint density at radius 2 is 2.06 bits per heavy atom. The summed E-state index contributed by atoms with van der Waals surface area (Å²) in [5.74, 6) is -0.604. The normalized spacial score (nSPS) is 40.3. The fourth-order valence-electron chi connectivity index (χ4n) is 2.43. The highest BCUT2D eigenvalue weighted by Crippen LogP contribution is 2.42. The average molecular weight is 276 g/mol. The zero-order chi connectivity index (χ0) is 13.3. The second kappa shape index (κ2) is 5.71. The van der Waals surface area contributed by atoms with Crippen LogP contribution in [0.4, 0.5) is 0 Å².